The quantitative estimate of drug-likeness (QED) is 0.852. The molecule has 0 bridgehead atoms. The van der Waals surface area contributed by atoms with E-state index in [0.29, 0.717) is 16.8 Å². The molecule has 0 saturated carbocycles. The van der Waals surface area contributed by atoms with Crippen LogP contribution in [0.25, 0.3) is 0 Å². The molecule has 5 nitrogen and oxygen atoms in total. The third-order valence-electron chi connectivity index (χ3n) is 2.33. The normalized spacial score (nSPS) is 9.78. The number of pyridine rings is 1. The summed E-state index contributed by atoms with van der Waals surface area (Å²) >= 11 is 0. The molecule has 0 aliphatic rings. The Labute approximate surface area is 104 Å². The van der Waals surface area contributed by atoms with E-state index in [1.54, 1.807) is 36.5 Å². The van der Waals surface area contributed by atoms with Crippen molar-refractivity contribution in [3.63, 3.8) is 0 Å². The highest BCUT2D eigenvalue weighted by molar-refractivity contribution is 6.04. The van der Waals surface area contributed by atoms with Crippen LogP contribution in [-0.4, -0.2) is 16.8 Å². The first-order valence-electron chi connectivity index (χ1n) is 5.28. The number of hydrogen-bond donors (Lipinski definition) is 2. The van der Waals surface area contributed by atoms with E-state index in [1.807, 2.05) is 0 Å². The fraction of sp³-hybridized carbons (Fsp3) is 0. The van der Waals surface area contributed by atoms with E-state index in [1.165, 1.54) is 12.3 Å². The summed E-state index contributed by atoms with van der Waals surface area (Å²) in [6, 6.07) is 9.77. The van der Waals surface area contributed by atoms with Crippen LogP contribution in [0.15, 0.2) is 48.8 Å². The van der Waals surface area contributed by atoms with Gasteiger partial charge in [0, 0.05) is 23.6 Å². The van der Waals surface area contributed by atoms with Gasteiger partial charge in [-0.1, -0.05) is 6.07 Å². The number of aromatic nitrogens is 1. The predicted octanol–water partition coefficient (Wildman–Crippen LogP) is 1.43. The average Bonchev–Trinajstić information content (AvgIpc) is 2.40. The second-order valence-electron chi connectivity index (χ2n) is 3.64. The molecule has 90 valence electrons. The molecule has 2 rings (SSSR count). The Balaban J connectivity index is 2.17. The molecule has 1 aromatic heterocycles. The number of hydrogen-bond acceptors (Lipinski definition) is 3. The molecule has 1 aromatic carbocycles. The molecule has 1 heterocycles. The molecule has 0 unspecified atom stereocenters. The zero-order valence-corrected chi connectivity index (χ0v) is 9.46. The van der Waals surface area contributed by atoms with Crippen molar-refractivity contribution < 1.29 is 9.59 Å². The maximum Gasteiger partial charge on any atom is 0.257 e. The number of primary amides is 1. The summed E-state index contributed by atoms with van der Waals surface area (Å²) in [6.07, 6.45) is 3.05. The minimum Gasteiger partial charge on any atom is -0.366 e. The van der Waals surface area contributed by atoms with Crippen molar-refractivity contribution in [2.45, 2.75) is 0 Å². The maximum absolute atomic E-state index is 11.8. The fourth-order valence-corrected chi connectivity index (χ4v) is 1.45. The Morgan fingerprint density at radius 1 is 1.11 bits per heavy atom. The Bertz CT molecular complexity index is 582. The lowest BCUT2D eigenvalue weighted by atomic mass is 10.2. The smallest absolute Gasteiger partial charge is 0.257 e. The van der Waals surface area contributed by atoms with Crippen molar-refractivity contribution in [3.8, 4) is 0 Å². The van der Waals surface area contributed by atoms with E-state index in [9.17, 15) is 9.59 Å². The second kappa shape index (κ2) is 5.09. The summed E-state index contributed by atoms with van der Waals surface area (Å²) in [4.78, 5) is 26.7. The molecule has 5 heteroatoms. The topological polar surface area (TPSA) is 85.1 Å². The van der Waals surface area contributed by atoms with Gasteiger partial charge in [-0.15, -0.1) is 0 Å². The number of anilines is 1. The van der Waals surface area contributed by atoms with Crippen LogP contribution in [-0.2, 0) is 0 Å². The van der Waals surface area contributed by atoms with Gasteiger partial charge in [0.15, 0.2) is 0 Å². The first kappa shape index (κ1) is 11.8. The molecule has 2 amide bonds. The molecule has 0 aliphatic heterocycles. The van der Waals surface area contributed by atoms with E-state index in [4.69, 9.17) is 5.73 Å². The van der Waals surface area contributed by atoms with Crippen molar-refractivity contribution in [2.75, 3.05) is 5.32 Å². The average molecular weight is 241 g/mol. The molecule has 0 radical (unpaired) electrons. The molecule has 0 fully saturated rings. The van der Waals surface area contributed by atoms with Gasteiger partial charge in [-0.25, -0.2) is 0 Å². The van der Waals surface area contributed by atoms with Crippen molar-refractivity contribution >= 4 is 17.5 Å². The van der Waals surface area contributed by atoms with E-state index < -0.39 is 5.91 Å². The number of carbonyl (C=O) groups excluding carboxylic acids is 2. The largest absolute Gasteiger partial charge is 0.366 e. The lowest BCUT2D eigenvalue weighted by Crippen LogP contribution is -2.14. The number of nitrogens with zero attached hydrogens (tertiary/aromatic N) is 1. The van der Waals surface area contributed by atoms with Gasteiger partial charge < -0.3 is 11.1 Å². The van der Waals surface area contributed by atoms with Gasteiger partial charge in [-0.05, 0) is 30.3 Å². The molecule has 18 heavy (non-hydrogen) atoms. The molecule has 0 aliphatic carbocycles. The summed E-state index contributed by atoms with van der Waals surface area (Å²) in [5.41, 5.74) is 6.47. The lowest BCUT2D eigenvalue weighted by molar-refractivity contribution is 0.0996. The van der Waals surface area contributed by atoms with Crippen molar-refractivity contribution in [2.24, 2.45) is 5.73 Å². The molecule has 0 spiro atoms. The molecular weight excluding hydrogens is 230 g/mol. The van der Waals surface area contributed by atoms with Gasteiger partial charge in [0.1, 0.15) is 0 Å². The van der Waals surface area contributed by atoms with Gasteiger partial charge in [-0.3, -0.25) is 14.6 Å². The predicted molar refractivity (Wildman–Crippen MR) is 67.2 cm³/mol. The number of amides is 2. The Kier molecular flexibility index (Phi) is 3.33. The first-order chi connectivity index (χ1) is 8.66. The highest BCUT2D eigenvalue weighted by Gasteiger charge is 2.07. The SMILES string of the molecule is NC(=O)c1cccc(NC(=O)c2cccnc2)c1. The van der Waals surface area contributed by atoms with E-state index in [-0.39, 0.29) is 5.91 Å². The van der Waals surface area contributed by atoms with Gasteiger partial charge in [0.05, 0.1) is 5.56 Å². The van der Waals surface area contributed by atoms with Gasteiger partial charge >= 0.3 is 0 Å². The third-order valence-corrected chi connectivity index (χ3v) is 2.33. The lowest BCUT2D eigenvalue weighted by Gasteiger charge is -2.05. The van der Waals surface area contributed by atoms with Crippen LogP contribution in [0.5, 0.6) is 0 Å². The number of nitrogens with one attached hydrogen (secondary N) is 1. The Morgan fingerprint density at radius 3 is 2.56 bits per heavy atom. The minimum absolute atomic E-state index is 0.287. The van der Waals surface area contributed by atoms with Gasteiger partial charge in [0.2, 0.25) is 5.91 Å². The zero-order chi connectivity index (χ0) is 13.0. The zero-order valence-electron chi connectivity index (χ0n) is 9.46. The summed E-state index contributed by atoms with van der Waals surface area (Å²) in [6.45, 7) is 0. The van der Waals surface area contributed by atoms with Gasteiger partial charge in [0.25, 0.3) is 5.91 Å². The number of rotatable bonds is 3. The Morgan fingerprint density at radius 2 is 1.89 bits per heavy atom. The molecule has 0 atom stereocenters. The van der Waals surface area contributed by atoms with Crippen LogP contribution in [0.2, 0.25) is 0 Å². The number of benzene rings is 1. The van der Waals surface area contributed by atoms with Gasteiger partial charge in [-0.2, -0.15) is 0 Å². The van der Waals surface area contributed by atoms with Crippen molar-refractivity contribution in [1.82, 2.24) is 4.98 Å². The van der Waals surface area contributed by atoms with Crippen LogP contribution >= 0.6 is 0 Å². The van der Waals surface area contributed by atoms with E-state index in [0.717, 1.165) is 0 Å². The summed E-state index contributed by atoms with van der Waals surface area (Å²) in [5.74, 6) is -0.822. The second-order valence-corrected chi connectivity index (χ2v) is 3.64. The molecule has 0 saturated heterocycles. The van der Waals surface area contributed by atoms with Crippen LogP contribution in [0.4, 0.5) is 5.69 Å². The van der Waals surface area contributed by atoms with E-state index >= 15 is 0 Å². The molecular formula is C13H11N3O2. The fourth-order valence-electron chi connectivity index (χ4n) is 1.45. The standard InChI is InChI=1S/C13H11N3O2/c14-12(17)9-3-1-5-11(7-9)16-13(18)10-4-2-6-15-8-10/h1-8H,(H2,14,17)(H,16,18). The minimum atomic E-state index is -0.535. The number of nitrogens with two attached hydrogens (primary N) is 1. The van der Waals surface area contributed by atoms with Crippen LogP contribution < -0.4 is 11.1 Å². The molecule has 3 N–H and O–H groups in total. The monoisotopic (exact) mass is 241 g/mol. The van der Waals surface area contributed by atoms with Crippen molar-refractivity contribution in [3.05, 3.63) is 59.9 Å². The van der Waals surface area contributed by atoms with Crippen LogP contribution in [0, 0.1) is 0 Å². The molecule has 2 aromatic rings. The summed E-state index contributed by atoms with van der Waals surface area (Å²) in [5, 5.41) is 2.67. The number of carbonyl (C=O) groups is 2. The summed E-state index contributed by atoms with van der Waals surface area (Å²) < 4.78 is 0. The highest BCUT2D eigenvalue weighted by atomic mass is 16.2. The maximum atomic E-state index is 11.8. The van der Waals surface area contributed by atoms with E-state index in [2.05, 4.69) is 10.3 Å². The first-order valence-corrected chi connectivity index (χ1v) is 5.28. The summed E-state index contributed by atoms with van der Waals surface area (Å²) in [7, 11) is 0. The Hall–Kier alpha value is -2.69. The van der Waals surface area contributed by atoms with Crippen LogP contribution in [0.1, 0.15) is 20.7 Å². The van der Waals surface area contributed by atoms with Crippen molar-refractivity contribution in [1.29, 1.82) is 0 Å². The third kappa shape index (κ3) is 2.70. The van der Waals surface area contributed by atoms with Crippen LogP contribution in [0.3, 0.4) is 0 Å². The highest BCUT2D eigenvalue weighted by Crippen LogP contribution is 2.11.